The molecule has 2 rings (SSSR count). The molecule has 1 saturated heterocycles. The Labute approximate surface area is 133 Å². The predicted molar refractivity (Wildman–Crippen MR) is 86.6 cm³/mol. The van der Waals surface area contributed by atoms with Crippen LogP contribution in [-0.2, 0) is 16.6 Å². The van der Waals surface area contributed by atoms with Crippen molar-refractivity contribution < 1.29 is 8.42 Å². The lowest BCUT2D eigenvalue weighted by Gasteiger charge is -2.25. The Kier molecular flexibility index (Phi) is 6.04. The van der Waals surface area contributed by atoms with Crippen LogP contribution in [0.3, 0.4) is 0 Å². The first-order valence-electron chi connectivity index (χ1n) is 7.04. The lowest BCUT2D eigenvalue weighted by Crippen LogP contribution is -2.35. The molecule has 0 spiro atoms. The topological polar surface area (TPSA) is 49.4 Å². The van der Waals surface area contributed by atoms with Gasteiger partial charge in [0.15, 0.2) is 0 Å². The van der Waals surface area contributed by atoms with Gasteiger partial charge < -0.3 is 5.32 Å². The smallest absolute Gasteiger partial charge is 0.245 e. The fraction of sp³-hybridized carbons (Fsp3) is 0.692. The molecule has 0 radical (unpaired) electrons. The highest BCUT2D eigenvalue weighted by atomic mass is 79.9. The average Bonchev–Trinajstić information content (AvgIpc) is 2.82. The number of hydrogen-bond acceptors (Lipinski definition) is 4. The first-order chi connectivity index (χ1) is 9.55. The van der Waals surface area contributed by atoms with Gasteiger partial charge in [0.2, 0.25) is 10.0 Å². The van der Waals surface area contributed by atoms with E-state index in [0.717, 1.165) is 47.4 Å². The molecule has 0 amide bonds. The van der Waals surface area contributed by atoms with Gasteiger partial charge >= 0.3 is 0 Å². The fourth-order valence-corrected chi connectivity index (χ4v) is 6.41. The normalized spacial score (nSPS) is 17.5. The van der Waals surface area contributed by atoms with E-state index in [4.69, 9.17) is 0 Å². The third kappa shape index (κ3) is 3.82. The van der Waals surface area contributed by atoms with Gasteiger partial charge in [-0.05, 0) is 47.8 Å². The third-order valence-corrected chi connectivity index (χ3v) is 7.52. The molecule has 7 heteroatoms. The summed E-state index contributed by atoms with van der Waals surface area (Å²) < 4.78 is 27.6. The SMILES string of the molecule is CCCNCc1cc(S(=O)(=O)N2CCCCC2)c(Br)s1. The predicted octanol–water partition coefficient (Wildman–Crippen LogP) is 3.18. The lowest BCUT2D eigenvalue weighted by atomic mass is 10.2. The average molecular weight is 381 g/mol. The second-order valence-corrected chi connectivity index (χ2v) is 9.35. The Morgan fingerprint density at radius 3 is 2.70 bits per heavy atom. The molecule has 0 atom stereocenters. The Bertz CT molecular complexity index is 537. The largest absolute Gasteiger partial charge is 0.312 e. The number of hydrogen-bond donors (Lipinski definition) is 1. The summed E-state index contributed by atoms with van der Waals surface area (Å²) in [6, 6.07) is 1.81. The van der Waals surface area contributed by atoms with Crippen LogP contribution in [0.25, 0.3) is 0 Å². The highest BCUT2D eigenvalue weighted by Gasteiger charge is 2.29. The number of rotatable bonds is 6. The molecule has 1 aromatic rings. The van der Waals surface area contributed by atoms with Gasteiger partial charge in [0.05, 0.1) is 3.79 Å². The molecule has 0 aliphatic carbocycles. The van der Waals surface area contributed by atoms with E-state index in [0.29, 0.717) is 18.0 Å². The van der Waals surface area contributed by atoms with Crippen LogP contribution in [0.1, 0.15) is 37.5 Å². The highest BCUT2D eigenvalue weighted by molar-refractivity contribution is 9.11. The first-order valence-corrected chi connectivity index (χ1v) is 10.1. The van der Waals surface area contributed by atoms with Crippen LogP contribution in [0.5, 0.6) is 0 Å². The number of halogens is 1. The second-order valence-electron chi connectivity index (χ2n) is 4.99. The minimum Gasteiger partial charge on any atom is -0.312 e. The molecule has 114 valence electrons. The van der Waals surface area contributed by atoms with Crippen molar-refractivity contribution >= 4 is 37.3 Å². The molecule has 0 saturated carbocycles. The van der Waals surface area contributed by atoms with Crippen molar-refractivity contribution in [2.45, 2.75) is 44.0 Å². The van der Waals surface area contributed by atoms with E-state index in [-0.39, 0.29) is 0 Å². The van der Waals surface area contributed by atoms with Crippen molar-refractivity contribution in [3.63, 3.8) is 0 Å². The van der Waals surface area contributed by atoms with Crippen LogP contribution >= 0.6 is 27.3 Å². The molecular weight excluding hydrogens is 360 g/mol. The van der Waals surface area contributed by atoms with Crippen molar-refractivity contribution in [3.05, 3.63) is 14.7 Å². The van der Waals surface area contributed by atoms with E-state index in [1.54, 1.807) is 10.4 Å². The summed E-state index contributed by atoms with van der Waals surface area (Å²) in [5, 5.41) is 3.30. The maximum Gasteiger partial charge on any atom is 0.245 e. The molecule has 1 aromatic heterocycles. The molecule has 2 heterocycles. The summed E-state index contributed by atoms with van der Waals surface area (Å²) >= 11 is 4.92. The van der Waals surface area contributed by atoms with E-state index in [1.165, 1.54) is 11.3 Å². The van der Waals surface area contributed by atoms with Crippen molar-refractivity contribution in [3.8, 4) is 0 Å². The molecule has 1 N–H and O–H groups in total. The molecular formula is C13H21BrN2O2S2. The minimum atomic E-state index is -3.33. The van der Waals surface area contributed by atoms with Crippen LogP contribution in [0.15, 0.2) is 14.7 Å². The van der Waals surface area contributed by atoms with Crippen LogP contribution in [0.4, 0.5) is 0 Å². The Hall–Kier alpha value is 0.0500. The minimum absolute atomic E-state index is 0.428. The van der Waals surface area contributed by atoms with Crippen molar-refractivity contribution in [1.29, 1.82) is 0 Å². The highest BCUT2D eigenvalue weighted by Crippen LogP contribution is 2.34. The van der Waals surface area contributed by atoms with Gasteiger partial charge in [0.1, 0.15) is 4.90 Å². The third-order valence-electron chi connectivity index (χ3n) is 3.37. The molecule has 1 aliphatic heterocycles. The van der Waals surface area contributed by atoms with Gasteiger partial charge in [-0.15, -0.1) is 11.3 Å². The Balaban J connectivity index is 2.14. The van der Waals surface area contributed by atoms with Gasteiger partial charge in [-0.2, -0.15) is 4.31 Å². The monoisotopic (exact) mass is 380 g/mol. The number of nitrogens with one attached hydrogen (secondary N) is 1. The Morgan fingerprint density at radius 1 is 1.35 bits per heavy atom. The fourth-order valence-electron chi connectivity index (χ4n) is 2.29. The van der Waals surface area contributed by atoms with Crippen LogP contribution < -0.4 is 5.32 Å². The molecule has 0 bridgehead atoms. The summed E-state index contributed by atoms with van der Waals surface area (Å²) in [4.78, 5) is 1.48. The second kappa shape index (κ2) is 7.35. The van der Waals surface area contributed by atoms with Gasteiger partial charge in [0, 0.05) is 24.5 Å². The summed E-state index contributed by atoms with van der Waals surface area (Å²) in [6.07, 6.45) is 4.13. The van der Waals surface area contributed by atoms with Crippen molar-refractivity contribution in [2.75, 3.05) is 19.6 Å². The van der Waals surface area contributed by atoms with E-state index < -0.39 is 10.0 Å². The quantitative estimate of drug-likeness (QED) is 0.770. The van der Waals surface area contributed by atoms with E-state index in [1.807, 2.05) is 0 Å². The van der Waals surface area contributed by atoms with Gasteiger partial charge in [-0.1, -0.05) is 13.3 Å². The zero-order chi connectivity index (χ0) is 14.6. The summed E-state index contributed by atoms with van der Waals surface area (Å²) in [5.74, 6) is 0. The molecule has 1 aliphatic rings. The van der Waals surface area contributed by atoms with E-state index in [9.17, 15) is 8.42 Å². The molecule has 0 unspecified atom stereocenters. The van der Waals surface area contributed by atoms with Crippen molar-refractivity contribution in [1.82, 2.24) is 9.62 Å². The number of thiophene rings is 1. The lowest BCUT2D eigenvalue weighted by molar-refractivity contribution is 0.346. The summed E-state index contributed by atoms with van der Waals surface area (Å²) in [6.45, 7) is 5.09. The number of nitrogens with zero attached hydrogens (tertiary/aromatic N) is 1. The summed E-state index contributed by atoms with van der Waals surface area (Å²) in [7, 11) is -3.33. The molecule has 20 heavy (non-hydrogen) atoms. The number of piperidine rings is 1. The maximum absolute atomic E-state index is 12.6. The summed E-state index contributed by atoms with van der Waals surface area (Å²) in [5.41, 5.74) is 0. The van der Waals surface area contributed by atoms with Crippen LogP contribution in [0.2, 0.25) is 0 Å². The van der Waals surface area contributed by atoms with Gasteiger partial charge in [0.25, 0.3) is 0 Å². The zero-order valence-electron chi connectivity index (χ0n) is 11.7. The molecule has 1 fully saturated rings. The molecule has 4 nitrogen and oxygen atoms in total. The van der Waals surface area contributed by atoms with Gasteiger partial charge in [-0.3, -0.25) is 0 Å². The van der Waals surface area contributed by atoms with Gasteiger partial charge in [-0.25, -0.2) is 8.42 Å². The van der Waals surface area contributed by atoms with E-state index in [2.05, 4.69) is 28.2 Å². The van der Waals surface area contributed by atoms with Crippen molar-refractivity contribution in [2.24, 2.45) is 0 Å². The molecule has 0 aromatic carbocycles. The van der Waals surface area contributed by atoms with E-state index >= 15 is 0 Å². The first kappa shape index (κ1) is 16.4. The number of sulfonamides is 1. The van der Waals surface area contributed by atoms with Crippen LogP contribution in [0, 0.1) is 0 Å². The standard InChI is InChI=1S/C13H21BrN2O2S2/c1-2-6-15-10-11-9-12(13(14)19-11)20(17,18)16-7-4-3-5-8-16/h9,15H,2-8,10H2,1H3. The zero-order valence-corrected chi connectivity index (χ0v) is 14.9. The van der Waals surface area contributed by atoms with Crippen LogP contribution in [-0.4, -0.2) is 32.4 Å². The Morgan fingerprint density at radius 2 is 2.05 bits per heavy atom. The maximum atomic E-state index is 12.6.